The Morgan fingerprint density at radius 1 is 1.43 bits per heavy atom. The van der Waals surface area contributed by atoms with Crippen LogP contribution in [0.4, 0.5) is 0 Å². The Labute approximate surface area is 130 Å². The number of carbonyl (C=O) groups excluding carboxylic acids is 1. The topological polar surface area (TPSA) is 79.4 Å². The zero-order valence-corrected chi connectivity index (χ0v) is 14.0. The Morgan fingerprint density at radius 3 is 2.62 bits per heavy atom. The van der Waals surface area contributed by atoms with Gasteiger partial charge in [-0.2, -0.15) is 0 Å². The number of amides is 1. The Kier molecular flexibility index (Phi) is 6.57. The Hall–Kier alpha value is -1.18. The SMILES string of the molecule is CCN(CCCNC(=O)c1cc(C)nc(Cl)c1)S(C)(=O)=O. The van der Waals surface area contributed by atoms with Gasteiger partial charge in [-0.05, 0) is 25.5 Å². The van der Waals surface area contributed by atoms with Crippen LogP contribution in [0, 0.1) is 6.92 Å². The molecule has 1 aromatic heterocycles. The number of hydrogen-bond acceptors (Lipinski definition) is 4. The van der Waals surface area contributed by atoms with Gasteiger partial charge in [0.1, 0.15) is 5.15 Å². The lowest BCUT2D eigenvalue weighted by Gasteiger charge is -2.17. The summed E-state index contributed by atoms with van der Waals surface area (Å²) in [7, 11) is -3.18. The van der Waals surface area contributed by atoms with E-state index in [0.717, 1.165) is 0 Å². The lowest BCUT2D eigenvalue weighted by atomic mass is 10.2. The summed E-state index contributed by atoms with van der Waals surface area (Å²) >= 11 is 5.80. The van der Waals surface area contributed by atoms with Gasteiger partial charge < -0.3 is 5.32 Å². The highest BCUT2D eigenvalue weighted by Crippen LogP contribution is 2.10. The number of nitrogens with one attached hydrogen (secondary N) is 1. The van der Waals surface area contributed by atoms with E-state index < -0.39 is 10.0 Å². The van der Waals surface area contributed by atoms with Gasteiger partial charge in [-0.3, -0.25) is 4.79 Å². The van der Waals surface area contributed by atoms with Crippen molar-refractivity contribution in [1.82, 2.24) is 14.6 Å². The molecule has 1 amide bonds. The number of carbonyl (C=O) groups is 1. The van der Waals surface area contributed by atoms with E-state index in [-0.39, 0.29) is 11.1 Å². The Morgan fingerprint density at radius 2 is 2.10 bits per heavy atom. The molecule has 0 atom stereocenters. The molecular weight excluding hydrogens is 314 g/mol. The zero-order chi connectivity index (χ0) is 16.0. The summed E-state index contributed by atoms with van der Waals surface area (Å²) in [5.74, 6) is -0.246. The molecule has 118 valence electrons. The van der Waals surface area contributed by atoms with Gasteiger partial charge in [0.2, 0.25) is 10.0 Å². The summed E-state index contributed by atoms with van der Waals surface area (Å²) in [6.45, 7) is 4.73. The maximum absolute atomic E-state index is 11.9. The average molecular weight is 334 g/mol. The van der Waals surface area contributed by atoms with Gasteiger partial charge in [-0.1, -0.05) is 18.5 Å². The van der Waals surface area contributed by atoms with E-state index in [2.05, 4.69) is 10.3 Å². The van der Waals surface area contributed by atoms with E-state index in [4.69, 9.17) is 11.6 Å². The number of nitrogens with zero attached hydrogens (tertiary/aromatic N) is 2. The Balaban J connectivity index is 2.47. The van der Waals surface area contributed by atoms with E-state index in [1.54, 1.807) is 19.9 Å². The van der Waals surface area contributed by atoms with Gasteiger partial charge in [0.25, 0.3) is 5.91 Å². The minimum absolute atomic E-state index is 0.246. The first-order valence-electron chi connectivity index (χ1n) is 6.61. The van der Waals surface area contributed by atoms with Crippen LogP contribution in [0.3, 0.4) is 0 Å². The summed E-state index contributed by atoms with van der Waals surface area (Å²) in [6, 6.07) is 3.15. The second-order valence-corrected chi connectivity index (χ2v) is 7.05. The van der Waals surface area contributed by atoms with Gasteiger partial charge in [0.05, 0.1) is 6.26 Å². The molecule has 0 saturated carbocycles. The highest BCUT2D eigenvalue weighted by molar-refractivity contribution is 7.88. The van der Waals surface area contributed by atoms with E-state index in [0.29, 0.717) is 37.3 Å². The monoisotopic (exact) mass is 333 g/mol. The van der Waals surface area contributed by atoms with Crippen LogP contribution in [0.2, 0.25) is 5.15 Å². The smallest absolute Gasteiger partial charge is 0.251 e. The first-order valence-corrected chi connectivity index (χ1v) is 8.84. The fraction of sp³-hybridized carbons (Fsp3) is 0.538. The molecule has 8 heteroatoms. The molecule has 0 saturated heterocycles. The van der Waals surface area contributed by atoms with Crippen molar-refractivity contribution < 1.29 is 13.2 Å². The summed E-state index contributed by atoms with van der Waals surface area (Å²) in [5.41, 5.74) is 1.12. The summed E-state index contributed by atoms with van der Waals surface area (Å²) in [6.07, 6.45) is 1.72. The number of halogens is 1. The lowest BCUT2D eigenvalue weighted by molar-refractivity contribution is 0.0952. The predicted molar refractivity (Wildman–Crippen MR) is 83.0 cm³/mol. The molecule has 0 radical (unpaired) electrons. The third kappa shape index (κ3) is 5.99. The second-order valence-electron chi connectivity index (χ2n) is 4.68. The summed E-state index contributed by atoms with van der Waals surface area (Å²) in [5, 5.41) is 3.01. The molecule has 1 aromatic rings. The van der Waals surface area contributed by atoms with Gasteiger partial charge in [-0.25, -0.2) is 17.7 Å². The number of aryl methyl sites for hydroxylation is 1. The molecular formula is C13H20ClN3O3S. The minimum Gasteiger partial charge on any atom is -0.352 e. The van der Waals surface area contributed by atoms with Crippen molar-refractivity contribution in [3.05, 3.63) is 28.5 Å². The number of pyridine rings is 1. The quantitative estimate of drug-likeness (QED) is 0.605. The molecule has 0 unspecified atom stereocenters. The number of aromatic nitrogens is 1. The molecule has 0 aliphatic heterocycles. The maximum atomic E-state index is 11.9. The molecule has 0 aromatic carbocycles. The van der Waals surface area contributed by atoms with Crippen molar-refractivity contribution in [3.63, 3.8) is 0 Å². The highest BCUT2D eigenvalue weighted by atomic mass is 35.5. The number of rotatable bonds is 7. The van der Waals surface area contributed by atoms with Crippen molar-refractivity contribution in [1.29, 1.82) is 0 Å². The van der Waals surface area contributed by atoms with Crippen LogP contribution in [0.15, 0.2) is 12.1 Å². The van der Waals surface area contributed by atoms with E-state index in [1.807, 2.05) is 0 Å². The van der Waals surface area contributed by atoms with Crippen LogP contribution in [0.5, 0.6) is 0 Å². The molecule has 1 N–H and O–H groups in total. The van der Waals surface area contributed by atoms with Crippen molar-refractivity contribution in [2.24, 2.45) is 0 Å². The molecule has 0 aliphatic rings. The highest BCUT2D eigenvalue weighted by Gasteiger charge is 2.13. The van der Waals surface area contributed by atoms with Crippen LogP contribution >= 0.6 is 11.6 Å². The first kappa shape index (κ1) is 17.9. The third-order valence-corrected chi connectivity index (χ3v) is 4.45. The molecule has 0 aliphatic carbocycles. The largest absolute Gasteiger partial charge is 0.352 e. The van der Waals surface area contributed by atoms with Crippen molar-refractivity contribution in [2.45, 2.75) is 20.3 Å². The molecule has 0 fully saturated rings. The zero-order valence-electron chi connectivity index (χ0n) is 12.4. The van der Waals surface area contributed by atoms with Crippen LogP contribution in [-0.2, 0) is 10.0 Å². The van der Waals surface area contributed by atoms with E-state index in [1.165, 1.54) is 16.6 Å². The van der Waals surface area contributed by atoms with Crippen LogP contribution in [0.25, 0.3) is 0 Å². The van der Waals surface area contributed by atoms with Gasteiger partial charge in [0.15, 0.2) is 0 Å². The molecule has 1 heterocycles. The molecule has 21 heavy (non-hydrogen) atoms. The van der Waals surface area contributed by atoms with Crippen LogP contribution in [0.1, 0.15) is 29.4 Å². The van der Waals surface area contributed by atoms with Gasteiger partial charge >= 0.3 is 0 Å². The van der Waals surface area contributed by atoms with Gasteiger partial charge in [-0.15, -0.1) is 0 Å². The van der Waals surface area contributed by atoms with E-state index in [9.17, 15) is 13.2 Å². The third-order valence-electron chi connectivity index (χ3n) is 2.88. The van der Waals surface area contributed by atoms with Crippen molar-refractivity contribution >= 4 is 27.5 Å². The fourth-order valence-corrected chi connectivity index (χ4v) is 3.06. The van der Waals surface area contributed by atoms with Crippen molar-refractivity contribution in [2.75, 3.05) is 25.9 Å². The lowest BCUT2D eigenvalue weighted by Crippen LogP contribution is -2.33. The average Bonchev–Trinajstić information content (AvgIpc) is 2.35. The molecule has 1 rings (SSSR count). The maximum Gasteiger partial charge on any atom is 0.251 e. The summed E-state index contributed by atoms with van der Waals surface area (Å²) < 4.78 is 24.2. The van der Waals surface area contributed by atoms with Gasteiger partial charge in [0, 0.05) is 30.9 Å². The fourth-order valence-electron chi connectivity index (χ4n) is 1.88. The minimum atomic E-state index is -3.18. The number of sulfonamides is 1. The second kappa shape index (κ2) is 7.72. The predicted octanol–water partition coefficient (Wildman–Crippen LogP) is 1.44. The van der Waals surface area contributed by atoms with Crippen molar-refractivity contribution in [3.8, 4) is 0 Å². The molecule has 0 spiro atoms. The van der Waals surface area contributed by atoms with E-state index >= 15 is 0 Å². The standard InChI is InChI=1S/C13H20ClN3O3S/c1-4-17(21(3,19)20)7-5-6-15-13(18)11-8-10(2)16-12(14)9-11/h8-9H,4-7H2,1-3H3,(H,15,18). The van der Waals surface area contributed by atoms with Crippen LogP contribution < -0.4 is 5.32 Å². The normalized spacial score (nSPS) is 11.7. The molecule has 0 bridgehead atoms. The first-order chi connectivity index (χ1) is 9.74. The van der Waals surface area contributed by atoms with Crippen LogP contribution in [-0.4, -0.2) is 49.5 Å². The summed E-state index contributed by atoms with van der Waals surface area (Å²) in [4.78, 5) is 15.9. The molecule has 6 nitrogen and oxygen atoms in total. The number of hydrogen-bond donors (Lipinski definition) is 1. The Bertz CT molecular complexity index is 584.